The summed E-state index contributed by atoms with van der Waals surface area (Å²) in [6.45, 7) is 1.23. The van der Waals surface area contributed by atoms with Crippen molar-refractivity contribution in [2.75, 3.05) is 5.32 Å². The van der Waals surface area contributed by atoms with Gasteiger partial charge in [0.25, 0.3) is 5.56 Å². The van der Waals surface area contributed by atoms with E-state index >= 15 is 0 Å². The zero-order valence-corrected chi connectivity index (χ0v) is 10.7. The van der Waals surface area contributed by atoms with Gasteiger partial charge in [0.2, 0.25) is 5.91 Å². The largest absolute Gasteiger partial charge is 0.505 e. The van der Waals surface area contributed by atoms with E-state index in [9.17, 15) is 14.7 Å². The summed E-state index contributed by atoms with van der Waals surface area (Å²) in [6, 6.07) is 2.89. The summed E-state index contributed by atoms with van der Waals surface area (Å²) in [7, 11) is 0. The SMILES string of the molecule is CC(=O)Nc1c(O)c2c(Cl)cc(Cl)cc2[nH]c1=O. The molecule has 1 heterocycles. The second-order valence-corrected chi connectivity index (χ2v) is 4.51. The smallest absolute Gasteiger partial charge is 0.276 e. The number of amides is 1. The molecule has 0 saturated carbocycles. The highest BCUT2D eigenvalue weighted by Gasteiger charge is 2.15. The molecule has 0 atom stereocenters. The van der Waals surface area contributed by atoms with Gasteiger partial charge in [-0.2, -0.15) is 0 Å². The maximum atomic E-state index is 11.7. The van der Waals surface area contributed by atoms with Gasteiger partial charge in [-0.05, 0) is 12.1 Å². The quantitative estimate of drug-likeness (QED) is 0.753. The van der Waals surface area contributed by atoms with Crippen LogP contribution in [0.25, 0.3) is 10.9 Å². The molecule has 0 unspecified atom stereocenters. The summed E-state index contributed by atoms with van der Waals surface area (Å²) in [4.78, 5) is 25.1. The van der Waals surface area contributed by atoms with Crippen molar-refractivity contribution in [1.29, 1.82) is 0 Å². The zero-order chi connectivity index (χ0) is 13.4. The molecule has 5 nitrogen and oxygen atoms in total. The van der Waals surface area contributed by atoms with Crippen molar-refractivity contribution in [3.8, 4) is 5.75 Å². The second-order valence-electron chi connectivity index (χ2n) is 3.67. The third-order valence-electron chi connectivity index (χ3n) is 2.30. The Balaban J connectivity index is 2.85. The average molecular weight is 287 g/mol. The predicted molar refractivity (Wildman–Crippen MR) is 70.6 cm³/mol. The summed E-state index contributed by atoms with van der Waals surface area (Å²) in [6.07, 6.45) is 0. The maximum Gasteiger partial charge on any atom is 0.276 e. The Bertz CT molecular complexity index is 709. The molecule has 1 aromatic heterocycles. The van der Waals surface area contributed by atoms with E-state index in [0.29, 0.717) is 10.5 Å². The molecule has 94 valence electrons. The normalized spacial score (nSPS) is 10.6. The predicted octanol–water partition coefficient (Wildman–Crippen LogP) is 2.50. The summed E-state index contributed by atoms with van der Waals surface area (Å²) in [5.41, 5.74) is -0.572. The van der Waals surface area contributed by atoms with Crippen molar-refractivity contribution >= 4 is 45.7 Å². The molecule has 0 fully saturated rings. The van der Waals surface area contributed by atoms with Crippen LogP contribution in [-0.2, 0) is 4.79 Å². The first-order valence-electron chi connectivity index (χ1n) is 4.91. The van der Waals surface area contributed by atoms with Crippen LogP contribution in [0.3, 0.4) is 0 Å². The fraction of sp³-hybridized carbons (Fsp3) is 0.0909. The van der Waals surface area contributed by atoms with Crippen molar-refractivity contribution in [1.82, 2.24) is 4.98 Å². The minimum Gasteiger partial charge on any atom is -0.505 e. The van der Waals surface area contributed by atoms with E-state index in [1.807, 2.05) is 0 Å². The lowest BCUT2D eigenvalue weighted by molar-refractivity contribution is -0.114. The number of hydrogen-bond donors (Lipinski definition) is 3. The van der Waals surface area contributed by atoms with Gasteiger partial charge < -0.3 is 15.4 Å². The fourth-order valence-electron chi connectivity index (χ4n) is 1.62. The van der Waals surface area contributed by atoms with Crippen molar-refractivity contribution in [2.45, 2.75) is 6.92 Å². The third kappa shape index (κ3) is 2.14. The Hall–Kier alpha value is -1.72. The molecule has 0 aliphatic heterocycles. The van der Waals surface area contributed by atoms with E-state index in [-0.39, 0.29) is 21.8 Å². The van der Waals surface area contributed by atoms with Gasteiger partial charge in [-0.1, -0.05) is 23.2 Å². The van der Waals surface area contributed by atoms with Gasteiger partial charge in [-0.15, -0.1) is 0 Å². The Morgan fingerprint density at radius 2 is 2.06 bits per heavy atom. The number of aromatic amines is 1. The van der Waals surface area contributed by atoms with Gasteiger partial charge in [-0.3, -0.25) is 9.59 Å². The molecule has 1 amide bonds. The van der Waals surface area contributed by atoms with E-state index in [2.05, 4.69) is 10.3 Å². The van der Waals surface area contributed by atoms with E-state index in [1.54, 1.807) is 0 Å². The number of carbonyl (C=O) groups excluding carboxylic acids is 1. The number of anilines is 1. The number of aromatic hydroxyl groups is 1. The monoisotopic (exact) mass is 286 g/mol. The molecular weight excluding hydrogens is 279 g/mol. The number of pyridine rings is 1. The van der Waals surface area contributed by atoms with Crippen molar-refractivity contribution in [2.24, 2.45) is 0 Å². The molecule has 2 rings (SSSR count). The van der Waals surface area contributed by atoms with Gasteiger partial charge >= 0.3 is 0 Å². The van der Waals surface area contributed by atoms with Crippen LogP contribution in [0, 0.1) is 0 Å². The van der Waals surface area contributed by atoms with Crippen molar-refractivity contribution in [3.63, 3.8) is 0 Å². The van der Waals surface area contributed by atoms with Crippen molar-refractivity contribution < 1.29 is 9.90 Å². The number of carbonyl (C=O) groups is 1. The first-order chi connectivity index (χ1) is 8.40. The number of rotatable bonds is 1. The first-order valence-corrected chi connectivity index (χ1v) is 5.67. The summed E-state index contributed by atoms with van der Waals surface area (Å²) < 4.78 is 0. The number of nitrogens with one attached hydrogen (secondary N) is 2. The molecule has 0 aliphatic carbocycles. The van der Waals surface area contributed by atoms with Crippen LogP contribution in [0.15, 0.2) is 16.9 Å². The highest BCUT2D eigenvalue weighted by molar-refractivity contribution is 6.39. The zero-order valence-electron chi connectivity index (χ0n) is 9.17. The van der Waals surface area contributed by atoms with Gasteiger partial charge in [0.05, 0.1) is 15.9 Å². The van der Waals surface area contributed by atoms with Crippen molar-refractivity contribution in [3.05, 3.63) is 32.5 Å². The maximum absolute atomic E-state index is 11.7. The molecule has 1 aromatic carbocycles. The van der Waals surface area contributed by atoms with E-state index in [0.717, 1.165) is 0 Å². The number of halogens is 2. The number of aromatic nitrogens is 1. The second kappa shape index (κ2) is 4.51. The molecular formula is C11H8Cl2N2O3. The number of hydrogen-bond acceptors (Lipinski definition) is 3. The fourth-order valence-corrected chi connectivity index (χ4v) is 2.21. The average Bonchev–Trinajstić information content (AvgIpc) is 2.22. The van der Waals surface area contributed by atoms with Gasteiger partial charge in [0.15, 0.2) is 5.75 Å². The molecule has 7 heteroatoms. The van der Waals surface area contributed by atoms with Crippen LogP contribution in [0.1, 0.15) is 6.92 Å². The lowest BCUT2D eigenvalue weighted by Gasteiger charge is -2.09. The van der Waals surface area contributed by atoms with E-state index in [4.69, 9.17) is 23.2 Å². The molecule has 0 saturated heterocycles. The van der Waals surface area contributed by atoms with E-state index < -0.39 is 11.5 Å². The Morgan fingerprint density at radius 3 is 2.67 bits per heavy atom. The Kier molecular flexibility index (Phi) is 3.19. The topological polar surface area (TPSA) is 82.2 Å². The lowest BCUT2D eigenvalue weighted by atomic mass is 10.2. The number of benzene rings is 1. The molecule has 0 radical (unpaired) electrons. The minimum atomic E-state index is -0.631. The van der Waals surface area contributed by atoms with Gasteiger partial charge in [0, 0.05) is 11.9 Å². The van der Waals surface area contributed by atoms with Crippen LogP contribution < -0.4 is 10.9 Å². The highest BCUT2D eigenvalue weighted by Crippen LogP contribution is 2.35. The number of fused-ring (bicyclic) bond motifs is 1. The standard InChI is InChI=1S/C11H8Cl2N2O3/c1-4(16)14-9-10(17)8-6(13)2-5(12)3-7(8)15-11(9)18/h2-3H,1H3,(H,14,16)(H2,15,17,18). The molecule has 18 heavy (non-hydrogen) atoms. The highest BCUT2D eigenvalue weighted by atomic mass is 35.5. The summed E-state index contributed by atoms with van der Waals surface area (Å²) >= 11 is 11.7. The van der Waals surface area contributed by atoms with Crippen LogP contribution in [0.2, 0.25) is 10.0 Å². The van der Waals surface area contributed by atoms with Gasteiger partial charge in [-0.25, -0.2) is 0 Å². The minimum absolute atomic E-state index is 0.179. The number of H-pyrrole nitrogens is 1. The first kappa shape index (κ1) is 12.7. The Morgan fingerprint density at radius 1 is 1.39 bits per heavy atom. The van der Waals surface area contributed by atoms with Crippen LogP contribution in [0.4, 0.5) is 5.69 Å². The molecule has 3 N–H and O–H groups in total. The summed E-state index contributed by atoms with van der Waals surface area (Å²) in [5.74, 6) is -0.856. The third-order valence-corrected chi connectivity index (χ3v) is 2.82. The Labute approximate surface area is 111 Å². The van der Waals surface area contributed by atoms with Crippen LogP contribution in [0.5, 0.6) is 5.75 Å². The van der Waals surface area contributed by atoms with Crippen LogP contribution >= 0.6 is 23.2 Å². The molecule has 0 spiro atoms. The lowest BCUT2D eigenvalue weighted by Crippen LogP contribution is -2.17. The molecule has 0 aliphatic rings. The van der Waals surface area contributed by atoms with Gasteiger partial charge in [0.1, 0.15) is 5.69 Å². The molecule has 0 bridgehead atoms. The summed E-state index contributed by atoms with van der Waals surface area (Å²) in [5, 5.41) is 13.0. The van der Waals surface area contributed by atoms with E-state index in [1.165, 1.54) is 19.1 Å². The molecule has 2 aromatic rings. The van der Waals surface area contributed by atoms with Crippen LogP contribution in [-0.4, -0.2) is 16.0 Å².